The van der Waals surface area contributed by atoms with Crippen LogP contribution in [0.25, 0.3) is 0 Å². The average molecular weight is 252 g/mol. The minimum atomic E-state index is 0.672. The van der Waals surface area contributed by atoms with Gasteiger partial charge in [0.1, 0.15) is 0 Å². The molecule has 1 saturated carbocycles. The summed E-state index contributed by atoms with van der Waals surface area (Å²) in [5, 5.41) is 7.54. The van der Waals surface area contributed by atoms with Crippen molar-refractivity contribution in [2.45, 2.75) is 83.8 Å². The predicted octanol–water partition coefficient (Wildman–Crippen LogP) is 3.32. The lowest BCUT2D eigenvalue weighted by molar-refractivity contribution is 0.210. The molecule has 2 N–H and O–H groups in total. The van der Waals surface area contributed by atoms with E-state index in [1.165, 1.54) is 51.5 Å². The molecule has 0 amide bonds. The van der Waals surface area contributed by atoms with Gasteiger partial charge in [0, 0.05) is 18.1 Å². The van der Waals surface area contributed by atoms with Crippen LogP contribution in [0, 0.1) is 11.8 Å². The van der Waals surface area contributed by atoms with Gasteiger partial charge in [0.05, 0.1) is 0 Å². The lowest BCUT2D eigenvalue weighted by atomic mass is 9.79. The molecule has 1 saturated heterocycles. The maximum atomic E-state index is 3.88. The molecule has 2 nitrogen and oxygen atoms in total. The van der Waals surface area contributed by atoms with Crippen LogP contribution in [0.2, 0.25) is 0 Å². The number of nitrogens with one attached hydrogen (secondary N) is 2. The monoisotopic (exact) mass is 252 g/mol. The molecule has 2 aliphatic rings. The van der Waals surface area contributed by atoms with Crippen LogP contribution in [0.15, 0.2) is 0 Å². The highest BCUT2D eigenvalue weighted by Crippen LogP contribution is 2.29. The summed E-state index contributed by atoms with van der Waals surface area (Å²) >= 11 is 0. The van der Waals surface area contributed by atoms with E-state index in [1.807, 2.05) is 0 Å². The third kappa shape index (κ3) is 4.24. The SMILES string of the molecule is CC(CC1CCCCN1)NC1CCC(C)C(C)C1. The Bertz CT molecular complexity index is 235. The molecule has 5 unspecified atom stereocenters. The van der Waals surface area contributed by atoms with E-state index in [-0.39, 0.29) is 0 Å². The predicted molar refractivity (Wildman–Crippen MR) is 78.8 cm³/mol. The van der Waals surface area contributed by atoms with Crippen molar-refractivity contribution in [2.24, 2.45) is 11.8 Å². The highest BCUT2D eigenvalue weighted by atomic mass is 15.0. The van der Waals surface area contributed by atoms with Crippen LogP contribution in [-0.4, -0.2) is 24.7 Å². The lowest BCUT2D eigenvalue weighted by Gasteiger charge is -2.35. The largest absolute Gasteiger partial charge is 0.314 e. The molecule has 1 aliphatic heterocycles. The van der Waals surface area contributed by atoms with E-state index in [1.54, 1.807) is 0 Å². The zero-order chi connectivity index (χ0) is 13.0. The summed E-state index contributed by atoms with van der Waals surface area (Å²) in [6.45, 7) is 8.44. The molecule has 0 spiro atoms. The summed E-state index contributed by atoms with van der Waals surface area (Å²) in [5.74, 6) is 1.83. The van der Waals surface area contributed by atoms with Gasteiger partial charge in [-0.25, -0.2) is 0 Å². The van der Waals surface area contributed by atoms with E-state index >= 15 is 0 Å². The molecule has 1 heterocycles. The topological polar surface area (TPSA) is 24.1 Å². The second-order valence-electron chi connectivity index (χ2n) is 6.91. The van der Waals surface area contributed by atoms with Gasteiger partial charge in [0.2, 0.25) is 0 Å². The van der Waals surface area contributed by atoms with Gasteiger partial charge in [-0.2, -0.15) is 0 Å². The molecule has 18 heavy (non-hydrogen) atoms. The van der Waals surface area contributed by atoms with Crippen molar-refractivity contribution in [1.82, 2.24) is 10.6 Å². The minimum Gasteiger partial charge on any atom is -0.314 e. The highest BCUT2D eigenvalue weighted by Gasteiger charge is 2.26. The Morgan fingerprint density at radius 2 is 1.94 bits per heavy atom. The van der Waals surface area contributed by atoms with Crippen molar-refractivity contribution in [3.05, 3.63) is 0 Å². The zero-order valence-corrected chi connectivity index (χ0v) is 12.5. The zero-order valence-electron chi connectivity index (χ0n) is 12.5. The first-order chi connectivity index (χ1) is 8.65. The van der Waals surface area contributed by atoms with Crippen LogP contribution in [0.4, 0.5) is 0 Å². The molecule has 2 fully saturated rings. The summed E-state index contributed by atoms with van der Waals surface area (Å²) in [4.78, 5) is 0. The first-order valence-electron chi connectivity index (χ1n) is 8.14. The van der Waals surface area contributed by atoms with Crippen LogP contribution in [0.1, 0.15) is 65.7 Å². The summed E-state index contributed by atoms with van der Waals surface area (Å²) in [6.07, 6.45) is 9.65. The van der Waals surface area contributed by atoms with Gasteiger partial charge in [-0.3, -0.25) is 0 Å². The van der Waals surface area contributed by atoms with Crippen molar-refractivity contribution in [3.63, 3.8) is 0 Å². The molecule has 0 aromatic carbocycles. The Kier molecular flexibility index (Phi) is 5.50. The minimum absolute atomic E-state index is 0.672. The molecular weight excluding hydrogens is 220 g/mol. The average Bonchev–Trinajstić information content (AvgIpc) is 2.35. The third-order valence-corrected chi connectivity index (χ3v) is 5.17. The van der Waals surface area contributed by atoms with Crippen LogP contribution < -0.4 is 10.6 Å². The van der Waals surface area contributed by atoms with Crippen molar-refractivity contribution in [2.75, 3.05) is 6.54 Å². The lowest BCUT2D eigenvalue weighted by Crippen LogP contribution is -2.45. The molecule has 0 radical (unpaired) electrons. The fraction of sp³-hybridized carbons (Fsp3) is 1.00. The van der Waals surface area contributed by atoms with Gasteiger partial charge in [0.15, 0.2) is 0 Å². The summed E-state index contributed by atoms with van der Waals surface area (Å²) in [6, 6.07) is 2.21. The second kappa shape index (κ2) is 6.91. The van der Waals surface area contributed by atoms with E-state index < -0.39 is 0 Å². The maximum Gasteiger partial charge on any atom is 0.00817 e. The number of rotatable bonds is 4. The molecule has 2 heteroatoms. The Morgan fingerprint density at radius 1 is 1.11 bits per heavy atom. The molecule has 106 valence electrons. The third-order valence-electron chi connectivity index (χ3n) is 5.17. The van der Waals surface area contributed by atoms with Gasteiger partial charge >= 0.3 is 0 Å². The maximum absolute atomic E-state index is 3.88. The summed E-state index contributed by atoms with van der Waals surface area (Å²) in [7, 11) is 0. The number of hydrogen-bond acceptors (Lipinski definition) is 2. The van der Waals surface area contributed by atoms with Crippen molar-refractivity contribution >= 4 is 0 Å². The van der Waals surface area contributed by atoms with E-state index in [9.17, 15) is 0 Å². The Morgan fingerprint density at radius 3 is 2.61 bits per heavy atom. The Balaban J connectivity index is 1.68. The molecule has 0 aromatic heterocycles. The summed E-state index contributed by atoms with van der Waals surface area (Å²) < 4.78 is 0. The second-order valence-corrected chi connectivity index (χ2v) is 6.91. The van der Waals surface area contributed by atoms with Crippen LogP contribution in [0.5, 0.6) is 0 Å². The fourth-order valence-corrected chi connectivity index (χ4v) is 3.72. The highest BCUT2D eigenvalue weighted by molar-refractivity contribution is 4.84. The molecule has 0 aromatic rings. The van der Waals surface area contributed by atoms with Gasteiger partial charge in [-0.05, 0) is 63.8 Å². The molecule has 1 aliphatic carbocycles. The quantitative estimate of drug-likeness (QED) is 0.802. The van der Waals surface area contributed by atoms with Crippen LogP contribution in [0.3, 0.4) is 0 Å². The van der Waals surface area contributed by atoms with Crippen LogP contribution >= 0.6 is 0 Å². The van der Waals surface area contributed by atoms with Gasteiger partial charge in [-0.1, -0.05) is 20.3 Å². The normalized spacial score (nSPS) is 39.5. The standard InChI is InChI=1S/C16H32N2/c1-12-7-8-16(10-13(12)2)18-14(3)11-15-6-4-5-9-17-15/h12-18H,4-11H2,1-3H3. The van der Waals surface area contributed by atoms with E-state index in [0.29, 0.717) is 6.04 Å². The van der Waals surface area contributed by atoms with Crippen LogP contribution in [-0.2, 0) is 0 Å². The first kappa shape index (κ1) is 14.3. The number of hydrogen-bond donors (Lipinski definition) is 2. The van der Waals surface area contributed by atoms with Gasteiger partial charge < -0.3 is 10.6 Å². The van der Waals surface area contributed by atoms with Crippen molar-refractivity contribution < 1.29 is 0 Å². The smallest absolute Gasteiger partial charge is 0.00817 e. The number of piperidine rings is 1. The van der Waals surface area contributed by atoms with Gasteiger partial charge in [-0.15, -0.1) is 0 Å². The van der Waals surface area contributed by atoms with E-state index in [2.05, 4.69) is 31.4 Å². The van der Waals surface area contributed by atoms with Gasteiger partial charge in [0.25, 0.3) is 0 Å². The Labute approximate surface area is 113 Å². The molecule has 5 atom stereocenters. The van der Waals surface area contributed by atoms with Crippen molar-refractivity contribution in [1.29, 1.82) is 0 Å². The van der Waals surface area contributed by atoms with Crippen molar-refractivity contribution in [3.8, 4) is 0 Å². The van der Waals surface area contributed by atoms with E-state index in [0.717, 1.165) is 23.9 Å². The fourth-order valence-electron chi connectivity index (χ4n) is 3.72. The molecule has 0 bridgehead atoms. The summed E-state index contributed by atoms with van der Waals surface area (Å²) in [5.41, 5.74) is 0. The molecule has 2 rings (SSSR count). The Hall–Kier alpha value is -0.0800. The molecular formula is C16H32N2. The van der Waals surface area contributed by atoms with E-state index in [4.69, 9.17) is 0 Å². The first-order valence-corrected chi connectivity index (χ1v) is 8.14.